The van der Waals surface area contributed by atoms with E-state index in [0.29, 0.717) is 6.54 Å². The van der Waals surface area contributed by atoms with E-state index in [1.807, 2.05) is 11.9 Å². The van der Waals surface area contributed by atoms with Crippen molar-refractivity contribution in [3.05, 3.63) is 0 Å². The Morgan fingerprint density at radius 1 is 1.50 bits per heavy atom. The molecule has 1 atom stereocenters. The quantitative estimate of drug-likeness (QED) is 0.620. The lowest BCUT2D eigenvalue weighted by Crippen LogP contribution is -2.24. The van der Waals surface area contributed by atoms with Crippen LogP contribution in [0.3, 0.4) is 0 Å². The minimum atomic E-state index is -0.309. The van der Waals surface area contributed by atoms with Crippen molar-refractivity contribution < 1.29 is 9.50 Å². The molecule has 0 aliphatic heterocycles. The third kappa shape index (κ3) is 5.98. The Morgan fingerprint density at radius 3 is 2.50 bits per heavy atom. The zero-order valence-corrected chi connectivity index (χ0v) is 6.68. The second kappa shape index (κ2) is 5.62. The summed E-state index contributed by atoms with van der Waals surface area (Å²) in [5.74, 6) is 0. The average Bonchev–Trinajstić information content (AvgIpc) is 1.85. The highest BCUT2D eigenvalue weighted by molar-refractivity contribution is 4.53. The lowest BCUT2D eigenvalue weighted by molar-refractivity contribution is 0.162. The molecule has 0 aromatic heterocycles. The molecule has 0 aromatic carbocycles. The number of aliphatic hydroxyl groups is 1. The summed E-state index contributed by atoms with van der Waals surface area (Å²) in [6, 6.07) is 0. The Labute approximate surface area is 61.6 Å². The lowest BCUT2D eigenvalue weighted by atomic mass is 10.3. The normalized spacial score (nSPS) is 14.1. The summed E-state index contributed by atoms with van der Waals surface area (Å²) in [7, 11) is 1.85. The first-order valence-corrected chi connectivity index (χ1v) is 3.59. The molecule has 0 radical (unpaired) electrons. The topological polar surface area (TPSA) is 23.5 Å². The first-order valence-electron chi connectivity index (χ1n) is 3.59. The van der Waals surface area contributed by atoms with Gasteiger partial charge in [-0.05, 0) is 20.4 Å². The third-order valence-electron chi connectivity index (χ3n) is 1.39. The van der Waals surface area contributed by atoms with Gasteiger partial charge in [0.05, 0.1) is 6.10 Å². The van der Waals surface area contributed by atoms with Crippen molar-refractivity contribution in [1.82, 2.24) is 4.90 Å². The molecule has 2 nitrogen and oxygen atoms in total. The van der Waals surface area contributed by atoms with Crippen LogP contribution in [-0.2, 0) is 0 Å². The molecule has 1 N–H and O–H groups in total. The van der Waals surface area contributed by atoms with Crippen LogP contribution in [0.25, 0.3) is 0 Å². The molecule has 0 aromatic rings. The van der Waals surface area contributed by atoms with E-state index in [2.05, 4.69) is 0 Å². The van der Waals surface area contributed by atoms with Gasteiger partial charge in [-0.25, -0.2) is 4.39 Å². The number of rotatable bonds is 5. The fourth-order valence-electron chi connectivity index (χ4n) is 0.663. The summed E-state index contributed by atoms with van der Waals surface area (Å²) in [6.07, 6.45) is 0.443. The zero-order valence-electron chi connectivity index (χ0n) is 6.68. The monoisotopic (exact) mass is 149 g/mol. The molecule has 62 valence electrons. The van der Waals surface area contributed by atoms with Crippen LogP contribution in [0.15, 0.2) is 0 Å². The van der Waals surface area contributed by atoms with E-state index < -0.39 is 0 Å². The van der Waals surface area contributed by atoms with E-state index in [4.69, 9.17) is 5.11 Å². The molecule has 0 bridgehead atoms. The predicted molar refractivity (Wildman–Crippen MR) is 39.8 cm³/mol. The van der Waals surface area contributed by atoms with Crippen LogP contribution in [0.2, 0.25) is 0 Å². The van der Waals surface area contributed by atoms with Gasteiger partial charge in [0.25, 0.3) is 0 Å². The molecule has 1 unspecified atom stereocenters. The molecule has 10 heavy (non-hydrogen) atoms. The molecular weight excluding hydrogens is 133 g/mol. The minimum absolute atomic E-state index is 0.276. The zero-order chi connectivity index (χ0) is 7.98. The fourth-order valence-corrected chi connectivity index (χ4v) is 0.663. The highest BCUT2D eigenvalue weighted by Crippen LogP contribution is 1.92. The Balaban J connectivity index is 3.12. The summed E-state index contributed by atoms with van der Waals surface area (Å²) in [5, 5.41) is 8.85. The van der Waals surface area contributed by atoms with Crippen molar-refractivity contribution in [2.24, 2.45) is 0 Å². The Kier molecular flexibility index (Phi) is 5.54. The molecule has 0 saturated carbocycles. The van der Waals surface area contributed by atoms with Crippen molar-refractivity contribution in [1.29, 1.82) is 0 Å². The molecule has 3 heteroatoms. The number of halogens is 1. The van der Waals surface area contributed by atoms with Gasteiger partial charge in [-0.15, -0.1) is 0 Å². The van der Waals surface area contributed by atoms with E-state index in [0.717, 1.165) is 13.0 Å². The van der Waals surface area contributed by atoms with Gasteiger partial charge in [0, 0.05) is 13.1 Å². The van der Waals surface area contributed by atoms with Crippen LogP contribution in [-0.4, -0.2) is 42.9 Å². The SMILES string of the molecule is CC(O)CCN(C)CCF. The number of hydrogen-bond donors (Lipinski definition) is 1. The van der Waals surface area contributed by atoms with Crippen LogP contribution in [0, 0.1) is 0 Å². The average molecular weight is 149 g/mol. The maximum absolute atomic E-state index is 11.7. The number of aliphatic hydroxyl groups excluding tert-OH is 1. The molecule has 0 aliphatic rings. The van der Waals surface area contributed by atoms with Crippen molar-refractivity contribution in [3.63, 3.8) is 0 Å². The summed E-state index contributed by atoms with van der Waals surface area (Å²) >= 11 is 0. The smallest absolute Gasteiger partial charge is 0.102 e. The maximum Gasteiger partial charge on any atom is 0.102 e. The summed E-state index contributed by atoms with van der Waals surface area (Å²) in [6.45, 7) is 2.66. The van der Waals surface area contributed by atoms with Crippen LogP contribution in [0.4, 0.5) is 4.39 Å². The van der Waals surface area contributed by atoms with Crippen molar-refractivity contribution in [3.8, 4) is 0 Å². The van der Waals surface area contributed by atoms with Crippen molar-refractivity contribution in [2.45, 2.75) is 19.4 Å². The highest BCUT2D eigenvalue weighted by Gasteiger charge is 1.99. The predicted octanol–water partition coefficient (Wildman–Crippen LogP) is 0.659. The van der Waals surface area contributed by atoms with Gasteiger partial charge in [0.1, 0.15) is 6.67 Å². The third-order valence-corrected chi connectivity index (χ3v) is 1.39. The lowest BCUT2D eigenvalue weighted by Gasteiger charge is -2.14. The van der Waals surface area contributed by atoms with E-state index in [9.17, 15) is 4.39 Å². The van der Waals surface area contributed by atoms with Crippen molar-refractivity contribution >= 4 is 0 Å². The van der Waals surface area contributed by atoms with E-state index >= 15 is 0 Å². The van der Waals surface area contributed by atoms with Crippen LogP contribution >= 0.6 is 0 Å². The van der Waals surface area contributed by atoms with Gasteiger partial charge in [0.2, 0.25) is 0 Å². The second-order valence-corrected chi connectivity index (χ2v) is 2.63. The van der Waals surface area contributed by atoms with Gasteiger partial charge in [-0.2, -0.15) is 0 Å². The highest BCUT2D eigenvalue weighted by atomic mass is 19.1. The Bertz CT molecular complexity index is 78.0. The van der Waals surface area contributed by atoms with Crippen LogP contribution in [0.1, 0.15) is 13.3 Å². The number of hydrogen-bond acceptors (Lipinski definition) is 2. The summed E-state index contributed by atoms with van der Waals surface area (Å²) in [5.41, 5.74) is 0. The molecule has 0 spiro atoms. The summed E-state index contributed by atoms with van der Waals surface area (Å²) < 4.78 is 11.7. The second-order valence-electron chi connectivity index (χ2n) is 2.63. The first kappa shape index (κ1) is 9.85. The van der Waals surface area contributed by atoms with E-state index in [1.165, 1.54) is 0 Å². The number of alkyl halides is 1. The first-order chi connectivity index (χ1) is 4.66. The summed E-state index contributed by atoms with van der Waals surface area (Å²) in [4.78, 5) is 1.87. The van der Waals surface area contributed by atoms with Crippen LogP contribution in [0.5, 0.6) is 0 Å². The van der Waals surface area contributed by atoms with Gasteiger partial charge in [-0.3, -0.25) is 0 Å². The van der Waals surface area contributed by atoms with E-state index in [-0.39, 0.29) is 12.8 Å². The largest absolute Gasteiger partial charge is 0.393 e. The molecule has 0 saturated heterocycles. The fraction of sp³-hybridized carbons (Fsp3) is 1.00. The van der Waals surface area contributed by atoms with Crippen LogP contribution < -0.4 is 0 Å². The molecule has 0 fully saturated rings. The molecule has 0 amide bonds. The van der Waals surface area contributed by atoms with Gasteiger partial charge >= 0.3 is 0 Å². The molecular formula is C7H16FNO. The van der Waals surface area contributed by atoms with Gasteiger partial charge < -0.3 is 10.0 Å². The molecule has 0 aliphatic carbocycles. The standard InChI is InChI=1S/C7H16FNO/c1-7(10)3-5-9(2)6-4-8/h7,10H,3-6H2,1-2H3. The minimum Gasteiger partial charge on any atom is -0.393 e. The molecule has 0 rings (SSSR count). The maximum atomic E-state index is 11.7. The van der Waals surface area contributed by atoms with Gasteiger partial charge in [-0.1, -0.05) is 0 Å². The Morgan fingerprint density at radius 2 is 2.10 bits per heavy atom. The Hall–Kier alpha value is -0.150. The van der Waals surface area contributed by atoms with Crippen molar-refractivity contribution in [2.75, 3.05) is 26.8 Å². The van der Waals surface area contributed by atoms with E-state index in [1.54, 1.807) is 6.92 Å². The molecule has 0 heterocycles. The number of nitrogens with zero attached hydrogens (tertiary/aromatic N) is 1. The van der Waals surface area contributed by atoms with Gasteiger partial charge in [0.15, 0.2) is 0 Å².